The first-order valence-corrected chi connectivity index (χ1v) is 8.61. The molecule has 122 valence electrons. The van der Waals surface area contributed by atoms with Crippen molar-refractivity contribution in [2.24, 2.45) is 4.99 Å². The second kappa shape index (κ2) is 7.07. The van der Waals surface area contributed by atoms with Gasteiger partial charge in [0.25, 0.3) is 5.91 Å². The number of thioether (sulfide) groups is 1. The van der Waals surface area contributed by atoms with E-state index in [-0.39, 0.29) is 16.7 Å². The molecule has 0 bridgehead atoms. The van der Waals surface area contributed by atoms with Gasteiger partial charge in [-0.3, -0.25) is 4.79 Å². The summed E-state index contributed by atoms with van der Waals surface area (Å²) in [7, 11) is 0. The van der Waals surface area contributed by atoms with Gasteiger partial charge in [-0.2, -0.15) is 0 Å². The summed E-state index contributed by atoms with van der Waals surface area (Å²) < 4.78 is 0. The number of hydrogen-bond acceptors (Lipinski definition) is 4. The number of nitrogens with one attached hydrogen (secondary N) is 1. The molecule has 0 atom stereocenters. The number of hydrogen-bond donors (Lipinski definition) is 2. The zero-order valence-corrected chi connectivity index (χ0v) is 15.0. The smallest absolute Gasteiger partial charge is 0.264 e. The van der Waals surface area contributed by atoms with Crippen molar-refractivity contribution < 1.29 is 9.90 Å². The Hall–Kier alpha value is -1.66. The van der Waals surface area contributed by atoms with E-state index >= 15 is 0 Å². The molecule has 3 rings (SSSR count). The van der Waals surface area contributed by atoms with Gasteiger partial charge in [0.2, 0.25) is 0 Å². The third-order valence-electron chi connectivity index (χ3n) is 3.07. The van der Waals surface area contributed by atoms with Gasteiger partial charge in [-0.1, -0.05) is 46.9 Å². The van der Waals surface area contributed by atoms with E-state index in [0.717, 1.165) is 11.8 Å². The number of para-hydroxylation sites is 1. The molecule has 1 amide bonds. The minimum absolute atomic E-state index is 0.114. The van der Waals surface area contributed by atoms with Crippen molar-refractivity contribution in [2.75, 3.05) is 0 Å². The number of carbonyl (C=O) groups excluding carboxylic acids is 1. The molecule has 4 nitrogen and oxygen atoms in total. The highest BCUT2D eigenvalue weighted by Crippen LogP contribution is 2.36. The third kappa shape index (κ3) is 3.70. The van der Waals surface area contributed by atoms with Crippen molar-refractivity contribution in [3.63, 3.8) is 0 Å². The highest BCUT2D eigenvalue weighted by Gasteiger charge is 2.24. The average molecular weight is 400 g/mol. The normalized spacial score (nSPS) is 17.5. The lowest BCUT2D eigenvalue weighted by Crippen LogP contribution is -2.19. The van der Waals surface area contributed by atoms with Crippen LogP contribution >= 0.6 is 46.6 Å². The van der Waals surface area contributed by atoms with Crippen LogP contribution in [0.15, 0.2) is 46.3 Å². The molecule has 0 aromatic heterocycles. The number of halogens is 3. The monoisotopic (exact) mass is 398 g/mol. The van der Waals surface area contributed by atoms with Gasteiger partial charge < -0.3 is 10.4 Å². The van der Waals surface area contributed by atoms with E-state index in [1.807, 2.05) is 0 Å². The maximum atomic E-state index is 12.1. The van der Waals surface area contributed by atoms with E-state index in [9.17, 15) is 9.90 Å². The van der Waals surface area contributed by atoms with Crippen LogP contribution in [0.25, 0.3) is 6.08 Å². The Balaban J connectivity index is 1.92. The molecule has 1 aliphatic rings. The lowest BCUT2D eigenvalue weighted by atomic mass is 10.2. The van der Waals surface area contributed by atoms with Crippen LogP contribution in [-0.2, 0) is 4.79 Å². The second-order valence-corrected chi connectivity index (χ2v) is 7.04. The summed E-state index contributed by atoms with van der Waals surface area (Å²) in [6.07, 6.45) is 1.50. The molecule has 2 aromatic rings. The molecule has 1 fully saturated rings. The molecule has 2 aromatic carbocycles. The quantitative estimate of drug-likeness (QED) is 0.678. The molecule has 8 heteroatoms. The van der Waals surface area contributed by atoms with Gasteiger partial charge in [-0.05, 0) is 42.1 Å². The highest BCUT2D eigenvalue weighted by molar-refractivity contribution is 8.18. The number of phenolic OH excluding ortho intramolecular Hbond substituents is 1. The number of aromatic hydroxyl groups is 1. The van der Waals surface area contributed by atoms with Crippen molar-refractivity contribution in [3.8, 4) is 5.75 Å². The number of carbonyl (C=O) groups is 1. The molecule has 0 radical (unpaired) electrons. The molecule has 0 saturated carbocycles. The summed E-state index contributed by atoms with van der Waals surface area (Å²) in [6.45, 7) is 0. The number of amidine groups is 1. The Morgan fingerprint density at radius 3 is 2.62 bits per heavy atom. The summed E-state index contributed by atoms with van der Waals surface area (Å²) in [5, 5.41) is 14.0. The fraction of sp³-hybridized carbons (Fsp3) is 0. The topological polar surface area (TPSA) is 61.7 Å². The van der Waals surface area contributed by atoms with E-state index in [1.54, 1.807) is 24.3 Å². The van der Waals surface area contributed by atoms with Crippen molar-refractivity contribution in [1.29, 1.82) is 0 Å². The molecule has 24 heavy (non-hydrogen) atoms. The van der Waals surface area contributed by atoms with Gasteiger partial charge in [0, 0.05) is 10.6 Å². The number of benzene rings is 2. The number of amides is 1. The zero-order valence-electron chi connectivity index (χ0n) is 11.9. The van der Waals surface area contributed by atoms with Crippen molar-refractivity contribution >= 4 is 69.4 Å². The van der Waals surface area contributed by atoms with Crippen LogP contribution in [0.4, 0.5) is 5.69 Å². The summed E-state index contributed by atoms with van der Waals surface area (Å²) in [6, 6.07) is 10.00. The largest absolute Gasteiger partial charge is 0.506 e. The molecule has 1 aliphatic heterocycles. The average Bonchev–Trinajstić information content (AvgIpc) is 2.86. The van der Waals surface area contributed by atoms with Crippen molar-refractivity contribution in [2.45, 2.75) is 0 Å². The van der Waals surface area contributed by atoms with Gasteiger partial charge in [-0.15, -0.1) is 0 Å². The maximum absolute atomic E-state index is 12.1. The number of nitrogens with zero attached hydrogens (tertiary/aromatic N) is 1. The lowest BCUT2D eigenvalue weighted by Gasteiger charge is -2.03. The van der Waals surface area contributed by atoms with Crippen molar-refractivity contribution in [3.05, 3.63) is 61.9 Å². The SMILES string of the molecule is O=C1NC(=Nc2ccccc2Cl)S/C1=C/c1cc(Cl)cc(Cl)c1O. The van der Waals surface area contributed by atoms with Crippen LogP contribution in [0, 0.1) is 0 Å². The van der Waals surface area contributed by atoms with Gasteiger partial charge in [0.15, 0.2) is 5.17 Å². The minimum Gasteiger partial charge on any atom is -0.506 e. The second-order valence-electron chi connectivity index (χ2n) is 4.76. The fourth-order valence-electron chi connectivity index (χ4n) is 1.97. The van der Waals surface area contributed by atoms with Crippen LogP contribution in [-0.4, -0.2) is 16.2 Å². The lowest BCUT2D eigenvalue weighted by molar-refractivity contribution is -0.115. The molecule has 0 aliphatic carbocycles. The Bertz CT molecular complexity index is 897. The first kappa shape index (κ1) is 17.2. The fourth-order valence-corrected chi connectivity index (χ4v) is 3.48. The van der Waals surface area contributed by atoms with E-state index in [4.69, 9.17) is 34.8 Å². The molecule has 1 heterocycles. The zero-order chi connectivity index (χ0) is 17.3. The standard InChI is InChI=1S/C16H9Cl3N2O2S/c17-9-5-8(14(22)11(19)7-9)6-13-15(23)21-16(24-13)20-12-4-2-1-3-10(12)18/h1-7,22H,(H,20,21,23)/b13-6+. The highest BCUT2D eigenvalue weighted by atomic mass is 35.5. The van der Waals surface area contributed by atoms with E-state index in [2.05, 4.69) is 10.3 Å². The van der Waals surface area contributed by atoms with Crippen LogP contribution in [0.1, 0.15) is 5.56 Å². The molecule has 0 spiro atoms. The predicted molar refractivity (Wildman–Crippen MR) is 100 cm³/mol. The summed E-state index contributed by atoms with van der Waals surface area (Å²) >= 11 is 19.0. The van der Waals surface area contributed by atoms with Gasteiger partial charge in [-0.25, -0.2) is 4.99 Å². The Morgan fingerprint density at radius 2 is 1.88 bits per heavy atom. The van der Waals surface area contributed by atoms with E-state index < -0.39 is 0 Å². The number of aliphatic imine (C=N–C) groups is 1. The Labute approximate surface area is 157 Å². The number of phenols is 1. The van der Waals surface area contributed by atoms with Crippen LogP contribution in [0.2, 0.25) is 15.1 Å². The van der Waals surface area contributed by atoms with E-state index in [1.165, 1.54) is 18.2 Å². The first-order valence-electron chi connectivity index (χ1n) is 6.66. The molecule has 2 N–H and O–H groups in total. The van der Waals surface area contributed by atoms with Gasteiger partial charge >= 0.3 is 0 Å². The van der Waals surface area contributed by atoms with Crippen LogP contribution in [0.3, 0.4) is 0 Å². The Kier molecular flexibility index (Phi) is 5.06. The van der Waals surface area contributed by atoms with Crippen LogP contribution in [0.5, 0.6) is 5.75 Å². The van der Waals surface area contributed by atoms with Crippen molar-refractivity contribution in [1.82, 2.24) is 5.32 Å². The summed E-state index contributed by atoms with van der Waals surface area (Å²) in [4.78, 5) is 16.8. The third-order valence-corrected chi connectivity index (χ3v) is 4.81. The Morgan fingerprint density at radius 1 is 1.12 bits per heavy atom. The number of rotatable bonds is 2. The summed E-state index contributed by atoms with van der Waals surface area (Å²) in [5.41, 5.74) is 0.904. The van der Waals surface area contributed by atoms with Crippen LogP contribution < -0.4 is 5.32 Å². The molecular weight excluding hydrogens is 391 g/mol. The maximum Gasteiger partial charge on any atom is 0.264 e. The molecular formula is C16H9Cl3N2O2S. The van der Waals surface area contributed by atoms with E-state index in [0.29, 0.717) is 31.4 Å². The predicted octanol–water partition coefficient (Wildman–Crippen LogP) is 5.24. The molecule has 0 unspecified atom stereocenters. The minimum atomic E-state index is -0.332. The summed E-state index contributed by atoms with van der Waals surface area (Å²) in [5.74, 6) is -0.472. The van der Waals surface area contributed by atoms with Gasteiger partial charge in [0.1, 0.15) is 5.75 Å². The first-order chi connectivity index (χ1) is 11.4. The molecule has 1 saturated heterocycles. The van der Waals surface area contributed by atoms with Gasteiger partial charge in [0.05, 0.1) is 20.6 Å².